The van der Waals surface area contributed by atoms with Crippen LogP contribution in [-0.4, -0.2) is 52.8 Å². The molecule has 166 valence electrons. The number of benzene rings is 1. The molecule has 5 nitrogen and oxygen atoms in total. The quantitative estimate of drug-likeness (QED) is 0.543. The molecule has 1 aromatic carbocycles. The Bertz CT molecular complexity index is 913. The van der Waals surface area contributed by atoms with Gasteiger partial charge >= 0.3 is 0 Å². The minimum atomic E-state index is -0.125. The van der Waals surface area contributed by atoms with E-state index in [1.165, 1.54) is 0 Å². The maximum absolute atomic E-state index is 13.1. The van der Waals surface area contributed by atoms with Gasteiger partial charge in [0.2, 0.25) is 5.91 Å². The number of hydrogen-bond donors (Lipinski definition) is 0. The van der Waals surface area contributed by atoms with E-state index in [-0.39, 0.29) is 17.7 Å². The lowest BCUT2D eigenvalue weighted by atomic mass is 9.96. The molecule has 1 aromatic heterocycles. The van der Waals surface area contributed by atoms with Crippen molar-refractivity contribution < 1.29 is 9.59 Å². The number of likely N-dealkylation sites (tertiary alicyclic amines) is 1. The molecule has 3 rings (SSSR count). The summed E-state index contributed by atoms with van der Waals surface area (Å²) in [7, 11) is 0. The molecule has 0 aliphatic carbocycles. The number of halogens is 1. The van der Waals surface area contributed by atoms with Gasteiger partial charge in [-0.1, -0.05) is 29.8 Å². The summed E-state index contributed by atoms with van der Waals surface area (Å²) in [5.41, 5.74) is 2.40. The summed E-state index contributed by atoms with van der Waals surface area (Å²) in [4.78, 5) is 35.2. The van der Waals surface area contributed by atoms with Crippen LogP contribution in [0.4, 0.5) is 0 Å². The number of carbonyl (C=O) groups excluding carboxylic acids is 2. The van der Waals surface area contributed by atoms with E-state index in [0.717, 1.165) is 34.0 Å². The van der Waals surface area contributed by atoms with E-state index < -0.39 is 0 Å². The van der Waals surface area contributed by atoms with Crippen LogP contribution < -0.4 is 0 Å². The first kappa shape index (κ1) is 23.6. The number of carbonyl (C=O) groups is 2. The smallest absolute Gasteiger partial charge is 0.272 e. The minimum absolute atomic E-state index is 0.0992. The fourth-order valence-electron chi connectivity index (χ4n) is 3.94. The van der Waals surface area contributed by atoms with Crippen molar-refractivity contribution in [2.45, 2.75) is 44.3 Å². The Balaban J connectivity index is 1.67. The van der Waals surface area contributed by atoms with Crippen molar-refractivity contribution in [1.82, 2.24) is 14.8 Å². The number of nitrogens with zero attached hydrogens (tertiary/aromatic N) is 3. The third kappa shape index (κ3) is 5.80. The van der Waals surface area contributed by atoms with Crippen molar-refractivity contribution in [2.75, 3.05) is 26.2 Å². The summed E-state index contributed by atoms with van der Waals surface area (Å²) in [5, 5.41) is 0.731. The van der Waals surface area contributed by atoms with Gasteiger partial charge in [-0.05, 0) is 57.4 Å². The number of hydrogen-bond acceptors (Lipinski definition) is 4. The first-order valence-corrected chi connectivity index (χ1v) is 12.2. The molecule has 1 unspecified atom stereocenters. The standard InChI is InChI=1S/C24H30ClN3O2S/c1-4-27(5-2)23(29)18-10-8-14-28(15-18)24(30)21-13-7-11-19(26-21)16-31-22-17(3)9-6-12-20(22)25/h6-7,9,11-13,18H,4-5,8,10,14-16H2,1-3H3. The maximum atomic E-state index is 13.1. The van der Waals surface area contributed by atoms with Crippen LogP contribution in [0, 0.1) is 12.8 Å². The second-order valence-corrected chi connectivity index (χ2v) is 9.18. The average Bonchev–Trinajstić information content (AvgIpc) is 2.79. The molecule has 1 aliphatic heterocycles. The number of aromatic nitrogens is 1. The topological polar surface area (TPSA) is 53.5 Å². The van der Waals surface area contributed by atoms with E-state index in [9.17, 15) is 9.59 Å². The van der Waals surface area contributed by atoms with Crippen LogP contribution in [0.15, 0.2) is 41.3 Å². The van der Waals surface area contributed by atoms with Crippen LogP contribution in [0.3, 0.4) is 0 Å². The zero-order valence-electron chi connectivity index (χ0n) is 18.4. The maximum Gasteiger partial charge on any atom is 0.272 e. The summed E-state index contributed by atoms with van der Waals surface area (Å²) >= 11 is 7.95. The second-order valence-electron chi connectivity index (χ2n) is 7.79. The highest BCUT2D eigenvalue weighted by atomic mass is 35.5. The Labute approximate surface area is 194 Å². The van der Waals surface area contributed by atoms with Crippen molar-refractivity contribution in [2.24, 2.45) is 5.92 Å². The highest BCUT2D eigenvalue weighted by molar-refractivity contribution is 7.98. The fraction of sp³-hybridized carbons (Fsp3) is 0.458. The van der Waals surface area contributed by atoms with Crippen LogP contribution in [0.5, 0.6) is 0 Å². The van der Waals surface area contributed by atoms with Gasteiger partial charge in [-0.15, -0.1) is 11.8 Å². The molecule has 2 amide bonds. The molecule has 2 aromatic rings. The third-order valence-electron chi connectivity index (χ3n) is 5.69. The van der Waals surface area contributed by atoms with E-state index in [1.54, 1.807) is 22.7 Å². The molecule has 0 N–H and O–H groups in total. The molecule has 0 saturated carbocycles. The van der Waals surface area contributed by atoms with E-state index in [4.69, 9.17) is 11.6 Å². The van der Waals surface area contributed by atoms with Crippen molar-refractivity contribution in [3.8, 4) is 0 Å². The van der Waals surface area contributed by atoms with Crippen molar-refractivity contribution in [3.05, 3.63) is 58.4 Å². The molecule has 0 bridgehead atoms. The van der Waals surface area contributed by atoms with Gasteiger partial charge < -0.3 is 9.80 Å². The van der Waals surface area contributed by atoms with Gasteiger partial charge in [0.1, 0.15) is 5.69 Å². The lowest BCUT2D eigenvalue weighted by Gasteiger charge is -2.34. The Hall–Kier alpha value is -2.05. The number of thioether (sulfide) groups is 1. The number of rotatable bonds is 7. The highest BCUT2D eigenvalue weighted by Gasteiger charge is 2.31. The van der Waals surface area contributed by atoms with Crippen LogP contribution in [-0.2, 0) is 10.5 Å². The van der Waals surface area contributed by atoms with Gasteiger partial charge in [0.25, 0.3) is 5.91 Å². The van der Waals surface area contributed by atoms with E-state index in [2.05, 4.69) is 4.98 Å². The predicted octanol–water partition coefficient (Wildman–Crippen LogP) is 5.06. The largest absolute Gasteiger partial charge is 0.343 e. The number of amides is 2. The second kappa shape index (κ2) is 11.0. The first-order chi connectivity index (χ1) is 14.9. The summed E-state index contributed by atoms with van der Waals surface area (Å²) < 4.78 is 0. The van der Waals surface area contributed by atoms with Gasteiger partial charge in [-0.25, -0.2) is 4.98 Å². The normalized spacial score (nSPS) is 16.3. The molecule has 1 saturated heterocycles. The van der Waals surface area contributed by atoms with Crippen LogP contribution in [0.1, 0.15) is 48.4 Å². The molecule has 31 heavy (non-hydrogen) atoms. The summed E-state index contributed by atoms with van der Waals surface area (Å²) in [6.45, 7) is 8.55. The summed E-state index contributed by atoms with van der Waals surface area (Å²) in [6.07, 6.45) is 1.67. The van der Waals surface area contributed by atoms with Crippen molar-refractivity contribution >= 4 is 35.2 Å². The monoisotopic (exact) mass is 459 g/mol. The molecular weight excluding hydrogens is 430 g/mol. The van der Waals surface area contributed by atoms with E-state index in [1.807, 2.05) is 56.0 Å². The zero-order valence-corrected chi connectivity index (χ0v) is 20.0. The number of piperidine rings is 1. The van der Waals surface area contributed by atoms with Gasteiger partial charge in [0, 0.05) is 36.8 Å². The number of pyridine rings is 1. The predicted molar refractivity (Wildman–Crippen MR) is 127 cm³/mol. The lowest BCUT2D eigenvalue weighted by Crippen LogP contribution is -2.46. The van der Waals surface area contributed by atoms with Gasteiger partial charge in [0.05, 0.1) is 16.6 Å². The van der Waals surface area contributed by atoms with Crippen LogP contribution >= 0.6 is 23.4 Å². The molecule has 0 spiro atoms. The molecule has 7 heteroatoms. The van der Waals surface area contributed by atoms with Gasteiger partial charge in [-0.2, -0.15) is 0 Å². The molecule has 0 radical (unpaired) electrons. The fourth-order valence-corrected chi connectivity index (χ4v) is 5.28. The SMILES string of the molecule is CCN(CC)C(=O)C1CCCN(C(=O)c2cccc(CSc3c(C)cccc3Cl)n2)C1. The molecule has 1 aliphatic rings. The molecule has 2 heterocycles. The highest BCUT2D eigenvalue weighted by Crippen LogP contribution is 2.32. The molecule has 1 atom stereocenters. The lowest BCUT2D eigenvalue weighted by molar-refractivity contribution is -0.136. The summed E-state index contributed by atoms with van der Waals surface area (Å²) in [5.74, 6) is 0.558. The van der Waals surface area contributed by atoms with E-state index >= 15 is 0 Å². The Kier molecular flexibility index (Phi) is 8.38. The first-order valence-electron chi connectivity index (χ1n) is 10.9. The number of aryl methyl sites for hydroxylation is 1. The summed E-state index contributed by atoms with van der Waals surface area (Å²) in [6, 6.07) is 11.4. The van der Waals surface area contributed by atoms with Gasteiger partial charge in [0.15, 0.2) is 0 Å². The van der Waals surface area contributed by atoms with Crippen molar-refractivity contribution in [1.29, 1.82) is 0 Å². The van der Waals surface area contributed by atoms with Crippen LogP contribution in [0.25, 0.3) is 0 Å². The van der Waals surface area contributed by atoms with E-state index in [0.29, 0.717) is 37.6 Å². The average molecular weight is 460 g/mol. The Morgan fingerprint density at radius 2 is 1.94 bits per heavy atom. The van der Waals surface area contributed by atoms with Crippen molar-refractivity contribution in [3.63, 3.8) is 0 Å². The van der Waals surface area contributed by atoms with Gasteiger partial charge in [-0.3, -0.25) is 9.59 Å². The Morgan fingerprint density at radius 3 is 2.65 bits per heavy atom. The minimum Gasteiger partial charge on any atom is -0.343 e. The Morgan fingerprint density at radius 1 is 1.19 bits per heavy atom. The molecular formula is C24H30ClN3O2S. The van der Waals surface area contributed by atoms with Crippen LogP contribution in [0.2, 0.25) is 5.02 Å². The molecule has 1 fully saturated rings. The zero-order chi connectivity index (χ0) is 22.4. The third-order valence-corrected chi connectivity index (χ3v) is 7.38.